The van der Waals surface area contributed by atoms with Crippen LogP contribution in [-0.4, -0.2) is 30.2 Å². The number of benzene rings is 3. The number of rotatable bonds is 7. The molecule has 1 N–H and O–H groups in total. The summed E-state index contributed by atoms with van der Waals surface area (Å²) in [5.74, 6) is 0.854. The Hall–Kier alpha value is -2.57. The van der Waals surface area contributed by atoms with Crippen molar-refractivity contribution in [3.8, 4) is 0 Å². The summed E-state index contributed by atoms with van der Waals surface area (Å²) in [5, 5.41) is 3.03. The first kappa shape index (κ1) is 23.6. The van der Waals surface area contributed by atoms with Gasteiger partial charge in [0.2, 0.25) is 0 Å². The molecular weight excluding hydrogens is 494 g/mol. The molecule has 0 saturated heterocycles. The van der Waals surface area contributed by atoms with Crippen molar-refractivity contribution in [2.24, 2.45) is 4.99 Å². The van der Waals surface area contributed by atoms with E-state index in [0.29, 0.717) is 12.1 Å². The number of hydrogen-bond donors (Lipinski definition) is 1. The normalized spacial score (nSPS) is 12.3. The van der Waals surface area contributed by atoms with E-state index in [-0.39, 0.29) is 5.91 Å². The maximum Gasteiger partial charge on any atom is 0.251 e. The van der Waals surface area contributed by atoms with Gasteiger partial charge in [-0.15, -0.1) is 0 Å². The number of halogens is 1. The number of amidine groups is 1. The first-order valence-corrected chi connectivity index (χ1v) is 12.9. The molecule has 4 nitrogen and oxygen atoms in total. The molecule has 0 fully saturated rings. The van der Waals surface area contributed by atoms with Crippen LogP contribution < -0.4 is 5.32 Å². The van der Waals surface area contributed by atoms with Gasteiger partial charge in [0.1, 0.15) is 5.84 Å². The fourth-order valence-electron chi connectivity index (χ4n) is 3.78. The van der Waals surface area contributed by atoms with Crippen molar-refractivity contribution in [3.63, 3.8) is 0 Å². The van der Waals surface area contributed by atoms with E-state index in [2.05, 4.69) is 64.4 Å². The van der Waals surface area contributed by atoms with Gasteiger partial charge in [0.25, 0.3) is 5.91 Å². The molecule has 0 aliphatic carbocycles. The molecule has 0 atom stereocenters. The summed E-state index contributed by atoms with van der Waals surface area (Å²) < 4.78 is 0.988. The third kappa shape index (κ3) is 5.68. The Balaban J connectivity index is 1.61. The zero-order valence-electron chi connectivity index (χ0n) is 19.0. The maximum atomic E-state index is 12.9. The minimum Gasteiger partial charge on any atom is -0.359 e. The Morgan fingerprint density at radius 1 is 1.03 bits per heavy atom. The number of carbonyl (C=O) groups excluding carboxylic acids is 1. The standard InChI is InChI=1S/C27H28BrN3OS/c1-3-4-9-16-31(2)26-21-11-6-8-13-24(21)33-25-15-14-19(17-23(25)30-26)27(32)29-18-20-10-5-7-12-22(20)28/h5-8,10-15,17H,3-4,9,16,18H2,1-2H3,(H,29,32). The maximum absolute atomic E-state index is 12.9. The van der Waals surface area contributed by atoms with Crippen LogP contribution in [0.4, 0.5) is 5.69 Å². The van der Waals surface area contributed by atoms with Crippen LogP contribution in [0.25, 0.3) is 0 Å². The predicted molar refractivity (Wildman–Crippen MR) is 141 cm³/mol. The summed E-state index contributed by atoms with van der Waals surface area (Å²) >= 11 is 5.25. The van der Waals surface area contributed by atoms with Crippen molar-refractivity contribution in [1.29, 1.82) is 0 Å². The molecule has 0 unspecified atom stereocenters. The van der Waals surface area contributed by atoms with Crippen LogP contribution >= 0.6 is 27.7 Å². The summed E-state index contributed by atoms with van der Waals surface area (Å²) in [6.45, 7) is 3.63. The van der Waals surface area contributed by atoms with Crippen LogP contribution in [0.3, 0.4) is 0 Å². The highest BCUT2D eigenvalue weighted by Gasteiger charge is 2.21. The lowest BCUT2D eigenvalue weighted by atomic mass is 10.1. The van der Waals surface area contributed by atoms with Gasteiger partial charge in [-0.05, 0) is 42.3 Å². The second-order valence-corrected chi connectivity index (χ2v) is 10.1. The van der Waals surface area contributed by atoms with E-state index in [4.69, 9.17) is 4.99 Å². The first-order valence-electron chi connectivity index (χ1n) is 11.3. The average molecular weight is 523 g/mol. The van der Waals surface area contributed by atoms with Crippen molar-refractivity contribution in [3.05, 3.63) is 87.9 Å². The Bertz CT molecular complexity index is 1180. The second-order valence-electron chi connectivity index (χ2n) is 8.12. The molecule has 1 aliphatic rings. The van der Waals surface area contributed by atoms with E-state index in [0.717, 1.165) is 45.0 Å². The lowest BCUT2D eigenvalue weighted by molar-refractivity contribution is 0.0951. The third-order valence-corrected chi connectivity index (χ3v) is 7.57. The number of carbonyl (C=O) groups is 1. The molecular formula is C27H28BrN3OS. The molecule has 1 amide bonds. The van der Waals surface area contributed by atoms with Crippen LogP contribution in [0, 0.1) is 0 Å². The van der Waals surface area contributed by atoms with Gasteiger partial charge in [0.05, 0.1) is 5.69 Å². The number of amides is 1. The molecule has 0 radical (unpaired) electrons. The van der Waals surface area contributed by atoms with Gasteiger partial charge in [0.15, 0.2) is 0 Å². The van der Waals surface area contributed by atoms with E-state index in [9.17, 15) is 4.79 Å². The van der Waals surface area contributed by atoms with Gasteiger partial charge in [-0.25, -0.2) is 4.99 Å². The molecule has 4 rings (SSSR count). The largest absolute Gasteiger partial charge is 0.359 e. The Morgan fingerprint density at radius 3 is 2.64 bits per heavy atom. The lowest BCUT2D eigenvalue weighted by Gasteiger charge is -2.22. The number of unbranched alkanes of at least 4 members (excludes halogenated alkanes) is 2. The summed E-state index contributed by atoms with van der Waals surface area (Å²) in [5.41, 5.74) is 3.63. The number of aliphatic imine (C=N–C) groups is 1. The molecule has 3 aromatic carbocycles. The van der Waals surface area contributed by atoms with E-state index >= 15 is 0 Å². The van der Waals surface area contributed by atoms with Crippen LogP contribution in [0.1, 0.15) is 47.7 Å². The monoisotopic (exact) mass is 521 g/mol. The van der Waals surface area contributed by atoms with E-state index < -0.39 is 0 Å². The van der Waals surface area contributed by atoms with Crippen molar-refractivity contribution in [1.82, 2.24) is 10.2 Å². The molecule has 1 aliphatic heterocycles. The fraction of sp³-hybridized carbons (Fsp3) is 0.259. The molecule has 0 aromatic heterocycles. The number of fused-ring (bicyclic) bond motifs is 2. The second kappa shape index (κ2) is 11.0. The van der Waals surface area contributed by atoms with Crippen molar-refractivity contribution >= 4 is 45.1 Å². The smallest absolute Gasteiger partial charge is 0.251 e. The van der Waals surface area contributed by atoms with Crippen LogP contribution in [0.2, 0.25) is 0 Å². The summed E-state index contributed by atoms with van der Waals surface area (Å²) in [4.78, 5) is 22.5. The molecule has 0 bridgehead atoms. The highest BCUT2D eigenvalue weighted by Crippen LogP contribution is 2.41. The predicted octanol–water partition coefficient (Wildman–Crippen LogP) is 7.04. The highest BCUT2D eigenvalue weighted by molar-refractivity contribution is 9.10. The van der Waals surface area contributed by atoms with Gasteiger partial charge in [-0.3, -0.25) is 4.79 Å². The topological polar surface area (TPSA) is 44.7 Å². The van der Waals surface area contributed by atoms with E-state index in [1.165, 1.54) is 17.7 Å². The molecule has 170 valence electrons. The first-order chi connectivity index (χ1) is 16.1. The fourth-order valence-corrected chi connectivity index (χ4v) is 5.20. The zero-order chi connectivity index (χ0) is 23.2. The molecule has 1 heterocycles. The van der Waals surface area contributed by atoms with Crippen LogP contribution in [-0.2, 0) is 6.54 Å². The van der Waals surface area contributed by atoms with Crippen LogP contribution in [0.5, 0.6) is 0 Å². The third-order valence-electron chi connectivity index (χ3n) is 5.65. The summed E-state index contributed by atoms with van der Waals surface area (Å²) in [7, 11) is 2.11. The Kier molecular flexibility index (Phi) is 7.89. The zero-order valence-corrected chi connectivity index (χ0v) is 21.4. The van der Waals surface area contributed by atoms with Gasteiger partial charge in [-0.1, -0.05) is 83.9 Å². The van der Waals surface area contributed by atoms with Crippen LogP contribution in [0.15, 0.2) is 86.0 Å². The van der Waals surface area contributed by atoms with Gasteiger partial charge >= 0.3 is 0 Å². The number of nitrogens with one attached hydrogen (secondary N) is 1. The van der Waals surface area contributed by atoms with Crippen molar-refractivity contribution in [2.45, 2.75) is 42.5 Å². The number of nitrogens with zero attached hydrogens (tertiary/aromatic N) is 2. The van der Waals surface area contributed by atoms with E-state index in [1.807, 2.05) is 42.5 Å². The molecule has 0 spiro atoms. The Labute approximate surface area is 208 Å². The lowest BCUT2D eigenvalue weighted by Crippen LogP contribution is -2.28. The van der Waals surface area contributed by atoms with E-state index in [1.54, 1.807) is 11.8 Å². The molecule has 33 heavy (non-hydrogen) atoms. The minimum atomic E-state index is -0.103. The summed E-state index contributed by atoms with van der Waals surface area (Å²) in [6.07, 6.45) is 3.52. The average Bonchev–Trinajstić information content (AvgIpc) is 2.99. The van der Waals surface area contributed by atoms with Crippen molar-refractivity contribution < 1.29 is 4.79 Å². The van der Waals surface area contributed by atoms with Gasteiger partial charge < -0.3 is 10.2 Å². The number of hydrogen-bond acceptors (Lipinski definition) is 4. The Morgan fingerprint density at radius 2 is 1.82 bits per heavy atom. The van der Waals surface area contributed by atoms with Crippen molar-refractivity contribution in [2.75, 3.05) is 13.6 Å². The molecule has 3 aromatic rings. The SMILES string of the molecule is CCCCCN(C)C1=Nc2cc(C(=O)NCc3ccccc3Br)ccc2Sc2ccccc21. The quantitative estimate of drug-likeness (QED) is 0.339. The minimum absolute atomic E-state index is 0.103. The highest BCUT2D eigenvalue weighted by atomic mass is 79.9. The van der Waals surface area contributed by atoms with Gasteiger partial charge in [0, 0.05) is 45.5 Å². The summed E-state index contributed by atoms with van der Waals surface area (Å²) in [6, 6.07) is 22.1. The molecule has 6 heteroatoms. The van der Waals surface area contributed by atoms with Gasteiger partial charge in [-0.2, -0.15) is 0 Å². The molecule has 0 saturated carbocycles.